The summed E-state index contributed by atoms with van der Waals surface area (Å²) in [6, 6.07) is 0. The van der Waals surface area contributed by atoms with Gasteiger partial charge < -0.3 is 19.6 Å². The lowest BCUT2D eigenvalue weighted by Gasteiger charge is -2.33. The van der Waals surface area contributed by atoms with Crippen LogP contribution < -0.4 is 0 Å². The van der Waals surface area contributed by atoms with E-state index in [1.165, 1.54) is 0 Å². The molecule has 0 spiro atoms. The Morgan fingerprint density at radius 3 is 2.52 bits per heavy atom. The van der Waals surface area contributed by atoms with Crippen LogP contribution in [0.4, 0.5) is 0 Å². The van der Waals surface area contributed by atoms with Crippen molar-refractivity contribution in [2.24, 2.45) is 5.92 Å². The normalized spacial score (nSPS) is 23.7. The first-order chi connectivity index (χ1) is 9.97. The third-order valence-corrected chi connectivity index (χ3v) is 4.11. The van der Waals surface area contributed by atoms with Gasteiger partial charge in [0.2, 0.25) is 11.8 Å². The van der Waals surface area contributed by atoms with Crippen molar-refractivity contribution in [3.63, 3.8) is 0 Å². The number of hydrogen-bond acceptors (Lipinski definition) is 4. The molecule has 0 bridgehead atoms. The molecule has 0 saturated carbocycles. The lowest BCUT2D eigenvalue weighted by atomic mass is 10.0. The van der Waals surface area contributed by atoms with E-state index >= 15 is 0 Å². The highest BCUT2D eigenvalue weighted by Gasteiger charge is 2.35. The van der Waals surface area contributed by atoms with E-state index in [2.05, 4.69) is 0 Å². The van der Waals surface area contributed by atoms with Gasteiger partial charge in [0, 0.05) is 33.1 Å². The first-order valence-electron chi connectivity index (χ1n) is 7.33. The fourth-order valence-corrected chi connectivity index (χ4v) is 2.84. The van der Waals surface area contributed by atoms with Gasteiger partial charge in [0.15, 0.2) is 0 Å². The highest BCUT2D eigenvalue weighted by molar-refractivity contribution is 5.89. The molecule has 0 aromatic heterocycles. The molecule has 2 aliphatic heterocycles. The molecule has 21 heavy (non-hydrogen) atoms. The largest absolute Gasteiger partial charge is 0.481 e. The molecular weight excluding hydrogens is 276 g/mol. The van der Waals surface area contributed by atoms with Crippen molar-refractivity contribution < 1.29 is 24.2 Å². The van der Waals surface area contributed by atoms with E-state index in [-0.39, 0.29) is 36.9 Å². The summed E-state index contributed by atoms with van der Waals surface area (Å²) in [5, 5.41) is 8.56. The number of carboxylic acids is 1. The van der Waals surface area contributed by atoms with Crippen LogP contribution in [0.3, 0.4) is 0 Å². The van der Waals surface area contributed by atoms with Gasteiger partial charge >= 0.3 is 5.97 Å². The number of rotatable bonds is 5. The predicted octanol–water partition coefficient (Wildman–Crippen LogP) is -0.0530. The highest BCUT2D eigenvalue weighted by Crippen LogP contribution is 2.22. The summed E-state index contributed by atoms with van der Waals surface area (Å²) in [5.74, 6) is -0.999. The van der Waals surface area contributed by atoms with E-state index in [1.807, 2.05) is 0 Å². The van der Waals surface area contributed by atoms with Crippen molar-refractivity contribution >= 4 is 17.8 Å². The van der Waals surface area contributed by atoms with Crippen LogP contribution in [0.5, 0.6) is 0 Å². The lowest BCUT2D eigenvalue weighted by Crippen LogP contribution is -2.44. The van der Waals surface area contributed by atoms with Gasteiger partial charge in [0.1, 0.15) is 0 Å². The van der Waals surface area contributed by atoms with E-state index < -0.39 is 5.97 Å². The zero-order chi connectivity index (χ0) is 15.4. The molecule has 0 aromatic carbocycles. The topological polar surface area (TPSA) is 87.2 Å². The first-order valence-corrected chi connectivity index (χ1v) is 7.33. The fourth-order valence-electron chi connectivity index (χ4n) is 2.84. The minimum Gasteiger partial charge on any atom is -0.481 e. The Bertz CT molecular complexity index is 418. The Kier molecular flexibility index (Phi) is 5.17. The summed E-state index contributed by atoms with van der Waals surface area (Å²) in [6.07, 6.45) is 1.80. The van der Waals surface area contributed by atoms with Crippen LogP contribution in [0.25, 0.3) is 0 Å². The number of carbonyl (C=O) groups is 3. The van der Waals surface area contributed by atoms with Crippen LogP contribution >= 0.6 is 0 Å². The van der Waals surface area contributed by atoms with Gasteiger partial charge in [-0.05, 0) is 12.8 Å². The smallest absolute Gasteiger partial charge is 0.305 e. The number of piperidine rings is 1. The van der Waals surface area contributed by atoms with Crippen molar-refractivity contribution in [1.82, 2.24) is 9.80 Å². The maximum Gasteiger partial charge on any atom is 0.305 e. The zero-order valence-corrected chi connectivity index (χ0v) is 12.3. The summed E-state index contributed by atoms with van der Waals surface area (Å²) in [4.78, 5) is 37.6. The van der Waals surface area contributed by atoms with Gasteiger partial charge in [0.05, 0.1) is 25.0 Å². The van der Waals surface area contributed by atoms with Gasteiger partial charge in [-0.15, -0.1) is 0 Å². The lowest BCUT2D eigenvalue weighted by molar-refractivity contribution is -0.140. The Labute approximate surface area is 123 Å². The second-order valence-electron chi connectivity index (χ2n) is 5.71. The molecule has 2 heterocycles. The summed E-state index contributed by atoms with van der Waals surface area (Å²) in [5.41, 5.74) is 0. The Morgan fingerprint density at radius 2 is 2.00 bits per heavy atom. The predicted molar refractivity (Wildman–Crippen MR) is 73.6 cm³/mol. The number of likely N-dealkylation sites (tertiary alicyclic amines) is 2. The number of carbonyl (C=O) groups excluding carboxylic acids is 2. The molecule has 0 radical (unpaired) electrons. The average molecular weight is 298 g/mol. The monoisotopic (exact) mass is 298 g/mol. The van der Waals surface area contributed by atoms with Crippen LogP contribution in [0.2, 0.25) is 0 Å². The second kappa shape index (κ2) is 6.89. The maximum atomic E-state index is 12.3. The van der Waals surface area contributed by atoms with Crippen LogP contribution in [-0.4, -0.2) is 72.1 Å². The van der Waals surface area contributed by atoms with E-state index in [0.717, 1.165) is 12.8 Å². The molecule has 1 unspecified atom stereocenters. The minimum absolute atomic E-state index is 0.00959. The number of amides is 2. The Hall–Kier alpha value is -1.63. The van der Waals surface area contributed by atoms with Crippen molar-refractivity contribution in [2.75, 3.05) is 33.3 Å². The minimum atomic E-state index is -0.863. The molecule has 1 atom stereocenters. The summed E-state index contributed by atoms with van der Waals surface area (Å²) < 4.78 is 5.50. The molecule has 118 valence electrons. The number of hydrogen-bond donors (Lipinski definition) is 1. The SMILES string of the molecule is CN1CC(C(=O)N2CCC(OCCC(=O)O)CC2)CC1=O. The Morgan fingerprint density at radius 1 is 1.33 bits per heavy atom. The highest BCUT2D eigenvalue weighted by atomic mass is 16.5. The quantitative estimate of drug-likeness (QED) is 0.769. The molecule has 7 heteroatoms. The van der Waals surface area contributed by atoms with Gasteiger partial charge in [-0.25, -0.2) is 0 Å². The number of aliphatic carboxylic acids is 1. The average Bonchev–Trinajstić information content (AvgIpc) is 2.78. The Balaban J connectivity index is 1.72. The molecule has 2 amide bonds. The van der Waals surface area contributed by atoms with E-state index in [9.17, 15) is 14.4 Å². The van der Waals surface area contributed by atoms with Crippen molar-refractivity contribution in [3.05, 3.63) is 0 Å². The third kappa shape index (κ3) is 4.17. The van der Waals surface area contributed by atoms with Gasteiger partial charge in [-0.1, -0.05) is 0 Å². The van der Waals surface area contributed by atoms with Crippen LogP contribution in [-0.2, 0) is 19.1 Å². The van der Waals surface area contributed by atoms with Gasteiger partial charge in [-0.2, -0.15) is 0 Å². The van der Waals surface area contributed by atoms with Crippen molar-refractivity contribution in [1.29, 1.82) is 0 Å². The molecule has 1 N–H and O–H groups in total. The van der Waals surface area contributed by atoms with E-state index in [0.29, 0.717) is 26.1 Å². The molecule has 2 fully saturated rings. The number of nitrogens with zero attached hydrogens (tertiary/aromatic N) is 2. The molecular formula is C14H22N2O5. The van der Waals surface area contributed by atoms with Crippen LogP contribution in [0.1, 0.15) is 25.7 Å². The van der Waals surface area contributed by atoms with E-state index in [4.69, 9.17) is 9.84 Å². The molecule has 0 aromatic rings. The third-order valence-electron chi connectivity index (χ3n) is 4.11. The number of ether oxygens (including phenoxy) is 1. The summed E-state index contributed by atoms with van der Waals surface area (Å²) >= 11 is 0. The summed E-state index contributed by atoms with van der Waals surface area (Å²) in [7, 11) is 1.72. The fraction of sp³-hybridized carbons (Fsp3) is 0.786. The van der Waals surface area contributed by atoms with Crippen LogP contribution in [0, 0.1) is 5.92 Å². The van der Waals surface area contributed by atoms with Crippen molar-refractivity contribution in [3.8, 4) is 0 Å². The van der Waals surface area contributed by atoms with E-state index in [1.54, 1.807) is 16.8 Å². The second-order valence-corrected chi connectivity index (χ2v) is 5.71. The maximum absolute atomic E-state index is 12.3. The molecule has 2 rings (SSSR count). The standard InChI is InChI=1S/C14H22N2O5/c1-15-9-10(8-12(15)17)14(20)16-5-2-11(3-6-16)21-7-4-13(18)19/h10-11H,2-9H2,1H3,(H,18,19). The zero-order valence-electron chi connectivity index (χ0n) is 12.3. The van der Waals surface area contributed by atoms with Crippen LogP contribution in [0.15, 0.2) is 0 Å². The molecule has 2 aliphatic rings. The van der Waals surface area contributed by atoms with Gasteiger partial charge in [0.25, 0.3) is 0 Å². The van der Waals surface area contributed by atoms with Crippen molar-refractivity contribution in [2.45, 2.75) is 31.8 Å². The summed E-state index contributed by atoms with van der Waals surface area (Å²) in [6.45, 7) is 1.96. The van der Waals surface area contributed by atoms with Gasteiger partial charge in [-0.3, -0.25) is 14.4 Å². The molecule has 7 nitrogen and oxygen atoms in total. The first kappa shape index (κ1) is 15.8. The molecule has 2 saturated heterocycles. The number of carboxylic acid groups (broad SMARTS) is 1. The molecule has 0 aliphatic carbocycles.